The monoisotopic (exact) mass is 329 g/mol. The molecule has 24 heavy (non-hydrogen) atoms. The van der Waals surface area contributed by atoms with Gasteiger partial charge >= 0.3 is 5.97 Å². The number of nitrogens with one attached hydrogen (secondary N) is 1. The van der Waals surface area contributed by atoms with E-state index < -0.39 is 18.5 Å². The average Bonchev–Trinajstić information content (AvgIpc) is 2.60. The molecular formula is C17H19N3O4. The third kappa shape index (κ3) is 3.87. The van der Waals surface area contributed by atoms with Crippen LogP contribution in [0.25, 0.3) is 10.8 Å². The number of aryl methyl sites for hydroxylation is 1. The van der Waals surface area contributed by atoms with Crippen LogP contribution in [-0.4, -0.2) is 34.8 Å². The van der Waals surface area contributed by atoms with Crippen LogP contribution >= 0.6 is 0 Å². The van der Waals surface area contributed by atoms with E-state index in [1.165, 1.54) is 10.8 Å². The first-order valence-electron chi connectivity index (χ1n) is 7.63. The summed E-state index contributed by atoms with van der Waals surface area (Å²) in [4.78, 5) is 36.2. The summed E-state index contributed by atoms with van der Waals surface area (Å²) in [6, 6.07) is 6.70. The second kappa shape index (κ2) is 8.05. The Balaban J connectivity index is 2.31. The molecule has 0 fully saturated rings. The molecule has 0 radical (unpaired) electrons. The maximum absolute atomic E-state index is 12.4. The van der Waals surface area contributed by atoms with E-state index in [9.17, 15) is 14.4 Å². The first-order valence-corrected chi connectivity index (χ1v) is 7.63. The molecule has 2 rings (SSSR count). The number of hydrogen-bond acceptors (Lipinski definition) is 5. The summed E-state index contributed by atoms with van der Waals surface area (Å²) < 4.78 is 6.25. The van der Waals surface area contributed by atoms with E-state index in [0.29, 0.717) is 30.3 Å². The lowest BCUT2D eigenvalue weighted by molar-refractivity contribution is -0.124. The number of amides is 1. The minimum Gasteiger partial charge on any atom is -0.451 e. The Morgan fingerprint density at radius 2 is 2.04 bits per heavy atom. The van der Waals surface area contributed by atoms with Crippen molar-refractivity contribution in [3.63, 3.8) is 0 Å². The van der Waals surface area contributed by atoms with E-state index in [-0.39, 0.29) is 11.3 Å². The molecule has 1 heterocycles. The van der Waals surface area contributed by atoms with Gasteiger partial charge in [-0.15, -0.1) is 6.58 Å². The summed E-state index contributed by atoms with van der Waals surface area (Å²) in [5.74, 6) is -1.18. The first-order chi connectivity index (χ1) is 11.6. The van der Waals surface area contributed by atoms with Gasteiger partial charge in [0.15, 0.2) is 12.3 Å². The highest BCUT2D eigenvalue weighted by Crippen LogP contribution is 2.14. The molecule has 7 nitrogen and oxygen atoms in total. The standard InChI is InChI=1S/C17H19N3O4/c1-3-9-18-14(21)11-24-17(23)15-12-7-5-6-8-13(12)16(22)20(19-15)10-4-2/h3,5-8H,1,4,9-11H2,2H3,(H,18,21). The van der Waals surface area contributed by atoms with Crippen molar-refractivity contribution in [1.29, 1.82) is 0 Å². The van der Waals surface area contributed by atoms with E-state index in [4.69, 9.17) is 4.74 Å². The Morgan fingerprint density at radius 3 is 2.71 bits per heavy atom. The van der Waals surface area contributed by atoms with Crippen molar-refractivity contribution in [2.45, 2.75) is 19.9 Å². The number of ether oxygens (including phenoxy) is 1. The first kappa shape index (κ1) is 17.4. The Bertz CT molecular complexity index is 826. The van der Waals surface area contributed by atoms with Gasteiger partial charge in [0.2, 0.25) is 0 Å². The zero-order valence-corrected chi connectivity index (χ0v) is 13.4. The van der Waals surface area contributed by atoms with Gasteiger partial charge in [-0.05, 0) is 12.5 Å². The molecule has 1 aromatic heterocycles. The van der Waals surface area contributed by atoms with Gasteiger partial charge in [-0.1, -0.05) is 31.2 Å². The number of benzene rings is 1. The molecule has 0 unspecified atom stereocenters. The fraction of sp³-hybridized carbons (Fsp3) is 0.294. The third-order valence-corrected chi connectivity index (χ3v) is 3.27. The number of carbonyl (C=O) groups is 2. The Hall–Kier alpha value is -2.96. The lowest BCUT2D eigenvalue weighted by Crippen LogP contribution is -2.30. The number of nitrogens with zero attached hydrogens (tertiary/aromatic N) is 2. The number of fused-ring (bicyclic) bond motifs is 1. The fourth-order valence-electron chi connectivity index (χ4n) is 2.19. The van der Waals surface area contributed by atoms with Crippen molar-refractivity contribution in [1.82, 2.24) is 15.1 Å². The molecule has 126 valence electrons. The van der Waals surface area contributed by atoms with Gasteiger partial charge in [-0.25, -0.2) is 9.48 Å². The van der Waals surface area contributed by atoms with E-state index in [1.54, 1.807) is 24.3 Å². The summed E-state index contributed by atoms with van der Waals surface area (Å²) in [5.41, 5.74) is -0.233. The van der Waals surface area contributed by atoms with Crippen LogP contribution in [0.3, 0.4) is 0 Å². The number of esters is 1. The molecular weight excluding hydrogens is 310 g/mol. The number of rotatable bonds is 7. The van der Waals surface area contributed by atoms with E-state index >= 15 is 0 Å². The normalized spacial score (nSPS) is 10.4. The molecule has 1 amide bonds. The van der Waals surface area contributed by atoms with Gasteiger partial charge in [0, 0.05) is 18.5 Å². The van der Waals surface area contributed by atoms with Crippen molar-refractivity contribution in [2.75, 3.05) is 13.2 Å². The molecule has 0 aliphatic heterocycles. The van der Waals surface area contributed by atoms with Crippen molar-refractivity contribution in [2.24, 2.45) is 0 Å². The Morgan fingerprint density at radius 1 is 1.33 bits per heavy atom. The molecule has 0 aliphatic carbocycles. The van der Waals surface area contributed by atoms with E-state index in [0.717, 1.165) is 0 Å². The van der Waals surface area contributed by atoms with Crippen molar-refractivity contribution in [3.05, 3.63) is 53.0 Å². The Kier molecular flexibility index (Phi) is 5.83. The fourth-order valence-corrected chi connectivity index (χ4v) is 2.19. The predicted octanol–water partition coefficient (Wildman–Crippen LogP) is 1.27. The summed E-state index contributed by atoms with van der Waals surface area (Å²) in [6.45, 7) is 5.65. The zero-order valence-electron chi connectivity index (χ0n) is 13.4. The number of carbonyl (C=O) groups excluding carboxylic acids is 2. The highest BCUT2D eigenvalue weighted by molar-refractivity contribution is 6.02. The highest BCUT2D eigenvalue weighted by Gasteiger charge is 2.18. The molecule has 1 aromatic carbocycles. The molecule has 2 aromatic rings. The quantitative estimate of drug-likeness (QED) is 0.610. The van der Waals surface area contributed by atoms with Crippen molar-refractivity contribution in [3.8, 4) is 0 Å². The molecule has 0 saturated heterocycles. The second-order valence-electron chi connectivity index (χ2n) is 5.09. The van der Waals surface area contributed by atoms with Crippen LogP contribution in [0.1, 0.15) is 23.8 Å². The van der Waals surface area contributed by atoms with Gasteiger partial charge < -0.3 is 10.1 Å². The molecule has 0 aliphatic rings. The van der Waals surface area contributed by atoms with Gasteiger partial charge in [0.1, 0.15) is 0 Å². The molecule has 0 spiro atoms. The second-order valence-corrected chi connectivity index (χ2v) is 5.09. The zero-order chi connectivity index (χ0) is 17.5. The predicted molar refractivity (Wildman–Crippen MR) is 89.8 cm³/mol. The van der Waals surface area contributed by atoms with Gasteiger partial charge in [0.05, 0.1) is 5.39 Å². The summed E-state index contributed by atoms with van der Waals surface area (Å²) >= 11 is 0. The maximum Gasteiger partial charge on any atom is 0.359 e. The topological polar surface area (TPSA) is 90.3 Å². The molecule has 0 atom stereocenters. The van der Waals surface area contributed by atoms with Crippen LogP contribution < -0.4 is 10.9 Å². The van der Waals surface area contributed by atoms with Crippen LogP contribution in [0.15, 0.2) is 41.7 Å². The smallest absolute Gasteiger partial charge is 0.359 e. The lowest BCUT2D eigenvalue weighted by Gasteiger charge is -2.10. The number of hydrogen-bond donors (Lipinski definition) is 1. The van der Waals surface area contributed by atoms with Crippen molar-refractivity contribution >= 4 is 22.6 Å². The van der Waals surface area contributed by atoms with E-state index in [2.05, 4.69) is 17.0 Å². The summed E-state index contributed by atoms with van der Waals surface area (Å²) in [6.07, 6.45) is 2.22. The molecule has 0 bridgehead atoms. The van der Waals surface area contributed by atoms with Crippen LogP contribution in [0.2, 0.25) is 0 Å². The van der Waals surface area contributed by atoms with Crippen LogP contribution in [-0.2, 0) is 16.1 Å². The van der Waals surface area contributed by atoms with Crippen LogP contribution in [0, 0.1) is 0 Å². The van der Waals surface area contributed by atoms with Crippen LogP contribution in [0.5, 0.6) is 0 Å². The molecule has 7 heteroatoms. The molecule has 1 N–H and O–H groups in total. The Labute approximate surface area is 138 Å². The van der Waals surface area contributed by atoms with E-state index in [1.807, 2.05) is 6.92 Å². The minimum atomic E-state index is -0.746. The van der Waals surface area contributed by atoms with Crippen LogP contribution in [0.4, 0.5) is 0 Å². The third-order valence-electron chi connectivity index (χ3n) is 3.27. The SMILES string of the molecule is C=CCNC(=O)COC(=O)c1nn(CCC)c(=O)c2ccccc12. The molecule has 0 saturated carbocycles. The summed E-state index contributed by atoms with van der Waals surface area (Å²) in [7, 11) is 0. The lowest BCUT2D eigenvalue weighted by atomic mass is 10.1. The van der Waals surface area contributed by atoms with Gasteiger partial charge in [-0.3, -0.25) is 9.59 Å². The highest BCUT2D eigenvalue weighted by atomic mass is 16.5. The minimum absolute atomic E-state index is 0.0233. The maximum atomic E-state index is 12.4. The largest absolute Gasteiger partial charge is 0.451 e. The van der Waals surface area contributed by atoms with Gasteiger partial charge in [0.25, 0.3) is 11.5 Å². The summed E-state index contributed by atoms with van der Waals surface area (Å²) in [5, 5.41) is 7.42. The average molecular weight is 329 g/mol. The van der Waals surface area contributed by atoms with Gasteiger partial charge in [-0.2, -0.15) is 5.10 Å². The van der Waals surface area contributed by atoms with Crippen molar-refractivity contribution < 1.29 is 14.3 Å². The number of aromatic nitrogens is 2.